The van der Waals surface area contributed by atoms with Crippen LogP contribution in [0.5, 0.6) is 0 Å². The number of fused-ring (bicyclic) bond motifs is 5. The van der Waals surface area contributed by atoms with Crippen LogP contribution in [-0.2, 0) is 13.5 Å². The second kappa shape index (κ2) is 7.23. The first-order valence-corrected chi connectivity index (χ1v) is 20.2. The molecule has 3 aromatic heterocycles. The molecule has 0 saturated heterocycles. The van der Waals surface area contributed by atoms with E-state index in [4.69, 9.17) is 0 Å². The normalized spacial score (nSPS) is 13.4. The Kier molecular flexibility index (Phi) is 4.72. The van der Waals surface area contributed by atoms with Crippen LogP contribution in [0.3, 0.4) is 0 Å². The number of benzene rings is 3. The Morgan fingerprint density at radius 3 is 2.29 bits per heavy atom. The van der Waals surface area contributed by atoms with Gasteiger partial charge in [0.1, 0.15) is 0 Å². The summed E-state index contributed by atoms with van der Waals surface area (Å²) in [6.45, 7) is 11.6. The van der Waals surface area contributed by atoms with Gasteiger partial charge in [-0.3, -0.25) is 0 Å². The molecule has 0 aliphatic carbocycles. The van der Waals surface area contributed by atoms with Crippen LogP contribution in [0.1, 0.15) is 37.5 Å². The van der Waals surface area contributed by atoms with E-state index in [1.165, 1.54) is 65.7 Å². The fourth-order valence-corrected chi connectivity index (χ4v) is 8.53. The van der Waals surface area contributed by atoms with Crippen molar-refractivity contribution in [2.45, 2.75) is 58.3 Å². The van der Waals surface area contributed by atoms with Crippen molar-refractivity contribution in [1.82, 2.24) is 4.40 Å². The number of aromatic nitrogens is 2. The molecule has 6 aromatic rings. The molecule has 0 radical (unpaired) electrons. The Labute approximate surface area is 211 Å². The van der Waals surface area contributed by atoms with Crippen molar-refractivity contribution in [2.75, 3.05) is 0 Å². The first-order chi connectivity index (χ1) is 16.3. The van der Waals surface area contributed by atoms with E-state index >= 15 is 0 Å². The number of aryl methyl sites for hydroxylation is 3. The second-order valence-electron chi connectivity index (χ2n) is 13.0. The Bertz CT molecular complexity index is 1810. The maximum absolute atomic E-state index is 2.62. The van der Waals surface area contributed by atoms with Gasteiger partial charge in [0.05, 0.1) is 0 Å². The molecule has 0 aliphatic rings. The fourth-order valence-electron chi connectivity index (χ4n) is 6.10. The quantitative estimate of drug-likeness (QED) is 0.0960. The summed E-state index contributed by atoms with van der Waals surface area (Å²) in [5.41, 5.74) is 9.90. The first-order valence-electron chi connectivity index (χ1n) is 12.9. The van der Waals surface area contributed by atoms with Crippen LogP contribution in [0.25, 0.3) is 49.0 Å². The van der Waals surface area contributed by atoms with Crippen molar-refractivity contribution in [3.8, 4) is 0 Å². The van der Waals surface area contributed by atoms with Crippen LogP contribution in [-0.4, -0.2) is 17.7 Å². The molecule has 2 nitrogen and oxygen atoms in total. The summed E-state index contributed by atoms with van der Waals surface area (Å²) in [7, 11) is 2.21. The van der Waals surface area contributed by atoms with Crippen molar-refractivity contribution >= 4 is 66.7 Å². The zero-order chi connectivity index (χ0) is 25.0. The summed E-state index contributed by atoms with van der Waals surface area (Å²) in [5, 5.41) is 6.92. The fraction of sp³-hybridized carbons (Fsp3) is 0.344. The SMILES string of the molecule is Cc1cc2c3ccc(CC(C)(C)C)cc3n3c4c[c]([Ge]([CH3])([CH3])[CH3])cc5cc[n+](C)c(c(c1C)c23)c54. The van der Waals surface area contributed by atoms with E-state index in [-0.39, 0.29) is 5.41 Å². The van der Waals surface area contributed by atoms with Crippen LogP contribution < -0.4 is 8.96 Å². The monoisotopic (exact) mass is 523 g/mol. The molecule has 0 amide bonds. The van der Waals surface area contributed by atoms with Gasteiger partial charge in [-0.05, 0) is 0 Å². The molecule has 35 heavy (non-hydrogen) atoms. The van der Waals surface area contributed by atoms with Crippen LogP contribution in [0, 0.1) is 19.3 Å². The van der Waals surface area contributed by atoms with Crippen molar-refractivity contribution in [2.24, 2.45) is 12.5 Å². The summed E-state index contributed by atoms with van der Waals surface area (Å²) in [4.78, 5) is 0. The molecular weight excluding hydrogens is 485 g/mol. The molecule has 3 heterocycles. The van der Waals surface area contributed by atoms with Crippen molar-refractivity contribution in [1.29, 1.82) is 0 Å². The van der Waals surface area contributed by atoms with Crippen LogP contribution in [0.15, 0.2) is 48.7 Å². The molecule has 178 valence electrons. The minimum absolute atomic E-state index is 0.257. The Balaban J connectivity index is 1.95. The molecule has 0 aliphatic heterocycles. The van der Waals surface area contributed by atoms with Crippen LogP contribution in [0.2, 0.25) is 17.3 Å². The molecule has 6 rings (SSSR count). The predicted molar refractivity (Wildman–Crippen MR) is 155 cm³/mol. The van der Waals surface area contributed by atoms with Gasteiger partial charge in [-0.15, -0.1) is 0 Å². The van der Waals surface area contributed by atoms with E-state index in [0.29, 0.717) is 0 Å². The number of nitrogens with zero attached hydrogens (tertiary/aromatic N) is 2. The number of rotatable bonds is 2. The van der Waals surface area contributed by atoms with Gasteiger partial charge < -0.3 is 0 Å². The Morgan fingerprint density at radius 1 is 0.857 bits per heavy atom. The average Bonchev–Trinajstić information content (AvgIpc) is 3.07. The molecule has 0 N–H and O–H groups in total. The van der Waals surface area contributed by atoms with E-state index in [0.717, 1.165) is 6.42 Å². The third-order valence-corrected chi connectivity index (χ3v) is 12.2. The van der Waals surface area contributed by atoms with Gasteiger partial charge in [0.15, 0.2) is 0 Å². The van der Waals surface area contributed by atoms with Gasteiger partial charge in [0, 0.05) is 0 Å². The summed E-state index contributed by atoms with van der Waals surface area (Å²) in [5.74, 6) is 7.52. The topological polar surface area (TPSA) is 8.29 Å². The van der Waals surface area contributed by atoms with Crippen molar-refractivity contribution in [3.63, 3.8) is 0 Å². The summed E-state index contributed by atoms with van der Waals surface area (Å²) in [6.07, 6.45) is 3.34. The predicted octanol–water partition coefficient (Wildman–Crippen LogP) is 7.57. The zero-order valence-electron chi connectivity index (χ0n) is 22.7. The molecule has 3 aromatic carbocycles. The molecule has 0 saturated carbocycles. The Hall–Kier alpha value is -2.59. The van der Waals surface area contributed by atoms with Crippen LogP contribution in [0.4, 0.5) is 0 Å². The van der Waals surface area contributed by atoms with Gasteiger partial charge in [0.25, 0.3) is 0 Å². The zero-order valence-corrected chi connectivity index (χ0v) is 24.8. The molecule has 0 spiro atoms. The molecule has 0 fully saturated rings. The van der Waals surface area contributed by atoms with Gasteiger partial charge in [-0.1, -0.05) is 0 Å². The standard InChI is InChI=1S/C32H37GeN2/c1-19-14-25-24-11-10-21(18-32(3,4)5)15-26(24)35-27-17-23(33(6,7)8)16-22-12-13-34(9)31(29(22)27)28(20(19)2)30(25)35/h10-17H,18H2,1-9H3/q+1. The van der Waals surface area contributed by atoms with E-state index in [1.54, 1.807) is 4.40 Å². The number of hydrogen-bond acceptors (Lipinski definition) is 0. The summed E-state index contributed by atoms with van der Waals surface area (Å²) < 4.78 is 6.53. The van der Waals surface area contributed by atoms with Gasteiger partial charge >= 0.3 is 212 Å². The average molecular weight is 522 g/mol. The number of hydrogen-bond donors (Lipinski definition) is 0. The number of pyridine rings is 2. The maximum atomic E-state index is 2.62. The first kappa shape index (κ1) is 22.9. The van der Waals surface area contributed by atoms with Gasteiger partial charge in [-0.2, -0.15) is 0 Å². The summed E-state index contributed by atoms with van der Waals surface area (Å²) in [6, 6.07) is 17.0. The second-order valence-corrected chi connectivity index (χ2v) is 23.7. The molecule has 0 atom stereocenters. The van der Waals surface area contributed by atoms with E-state index in [2.05, 4.69) is 117 Å². The van der Waals surface area contributed by atoms with Gasteiger partial charge in [0.2, 0.25) is 0 Å². The van der Waals surface area contributed by atoms with Crippen molar-refractivity contribution < 1.29 is 4.57 Å². The van der Waals surface area contributed by atoms with E-state index in [9.17, 15) is 0 Å². The minimum atomic E-state index is -2.06. The third-order valence-electron chi connectivity index (χ3n) is 7.93. The van der Waals surface area contributed by atoms with Crippen molar-refractivity contribution in [3.05, 3.63) is 65.4 Å². The summed E-state index contributed by atoms with van der Waals surface area (Å²) >= 11 is -2.06. The third kappa shape index (κ3) is 3.32. The van der Waals surface area contributed by atoms with Crippen LogP contribution >= 0.6 is 0 Å². The van der Waals surface area contributed by atoms with E-state index in [1.807, 2.05) is 0 Å². The van der Waals surface area contributed by atoms with E-state index < -0.39 is 13.3 Å². The Morgan fingerprint density at radius 2 is 1.60 bits per heavy atom. The molecule has 0 unspecified atom stereocenters. The molecule has 0 bridgehead atoms. The van der Waals surface area contributed by atoms with Gasteiger partial charge in [-0.25, -0.2) is 0 Å². The molecule has 3 heteroatoms. The molecular formula is C32H37GeN2+.